The van der Waals surface area contributed by atoms with Gasteiger partial charge in [-0.2, -0.15) is 8.78 Å². The summed E-state index contributed by atoms with van der Waals surface area (Å²) in [6.45, 7) is -0.109. The Labute approximate surface area is 129 Å². The Morgan fingerprint density at radius 3 is 2.81 bits per heavy atom. The molecule has 0 spiro atoms. The molecule has 118 valence electrons. The van der Waals surface area contributed by atoms with Crippen LogP contribution in [0.15, 0.2) is 18.2 Å². The van der Waals surface area contributed by atoms with Gasteiger partial charge in [0.1, 0.15) is 5.75 Å². The van der Waals surface area contributed by atoms with Crippen molar-refractivity contribution < 1.29 is 13.5 Å². The summed E-state index contributed by atoms with van der Waals surface area (Å²) in [6, 6.07) is 5.21. The molecule has 1 fully saturated rings. The highest BCUT2D eigenvalue weighted by Crippen LogP contribution is 2.29. The van der Waals surface area contributed by atoms with Crippen molar-refractivity contribution in [1.29, 1.82) is 0 Å². The van der Waals surface area contributed by atoms with E-state index in [-0.39, 0.29) is 5.75 Å². The van der Waals surface area contributed by atoms with Crippen LogP contribution in [0.3, 0.4) is 0 Å². The average molecular weight is 318 g/mol. The Kier molecular flexibility index (Phi) is 6.24. The number of nitrogens with one attached hydrogen (secondary N) is 1. The van der Waals surface area contributed by atoms with Crippen molar-refractivity contribution in [1.82, 2.24) is 5.32 Å². The van der Waals surface area contributed by atoms with Gasteiger partial charge in [-0.25, -0.2) is 0 Å². The van der Waals surface area contributed by atoms with Crippen molar-refractivity contribution in [3.63, 3.8) is 0 Å². The molecule has 1 N–H and O–H groups in total. The molecule has 0 aromatic heterocycles. The lowest BCUT2D eigenvalue weighted by atomic mass is 9.83. The van der Waals surface area contributed by atoms with Crippen molar-refractivity contribution >= 4 is 11.6 Å². The van der Waals surface area contributed by atoms with E-state index in [1.807, 2.05) is 0 Å². The van der Waals surface area contributed by atoms with Gasteiger partial charge in [0.2, 0.25) is 0 Å². The summed E-state index contributed by atoms with van der Waals surface area (Å²) >= 11 is 5.96. The molecule has 1 aliphatic carbocycles. The fourth-order valence-electron chi connectivity index (χ4n) is 3.10. The molecule has 2 atom stereocenters. The summed E-state index contributed by atoms with van der Waals surface area (Å²) < 4.78 is 29.4. The van der Waals surface area contributed by atoms with Crippen LogP contribution in [-0.2, 0) is 6.54 Å². The highest BCUT2D eigenvalue weighted by Gasteiger charge is 2.23. The van der Waals surface area contributed by atoms with Gasteiger partial charge in [0.05, 0.1) is 0 Å². The second-order valence-electron chi connectivity index (χ2n) is 5.57. The molecule has 0 amide bonds. The number of halogens is 3. The zero-order valence-electron chi connectivity index (χ0n) is 12.2. The van der Waals surface area contributed by atoms with Crippen LogP contribution < -0.4 is 10.1 Å². The van der Waals surface area contributed by atoms with Crippen molar-refractivity contribution in [3.05, 3.63) is 28.8 Å². The lowest BCUT2D eigenvalue weighted by Crippen LogP contribution is -2.37. The van der Waals surface area contributed by atoms with Crippen LogP contribution in [0.5, 0.6) is 5.75 Å². The van der Waals surface area contributed by atoms with Crippen LogP contribution in [0.25, 0.3) is 0 Å². The summed E-state index contributed by atoms with van der Waals surface area (Å²) in [5, 5.41) is 4.03. The Hall–Kier alpha value is -0.870. The molecular weight excluding hydrogens is 296 g/mol. The third-order valence-electron chi connectivity index (χ3n) is 4.23. The van der Waals surface area contributed by atoms with Crippen LogP contribution >= 0.6 is 11.6 Å². The Balaban J connectivity index is 2.02. The lowest BCUT2D eigenvalue weighted by Gasteiger charge is -2.32. The first-order chi connectivity index (χ1) is 10.1. The van der Waals surface area contributed by atoms with E-state index < -0.39 is 6.61 Å². The molecular formula is C16H22ClF2NO. The molecule has 0 heterocycles. The number of alkyl halides is 2. The largest absolute Gasteiger partial charge is 0.434 e. The topological polar surface area (TPSA) is 21.3 Å². The van der Waals surface area contributed by atoms with E-state index in [2.05, 4.69) is 17.0 Å². The summed E-state index contributed by atoms with van der Waals surface area (Å²) in [5.41, 5.74) is 0.684. The molecule has 0 bridgehead atoms. The second-order valence-corrected chi connectivity index (χ2v) is 6.01. The highest BCUT2D eigenvalue weighted by atomic mass is 35.5. The van der Waals surface area contributed by atoms with Crippen LogP contribution in [0.2, 0.25) is 5.02 Å². The van der Waals surface area contributed by atoms with Crippen molar-refractivity contribution in [3.8, 4) is 5.75 Å². The highest BCUT2D eigenvalue weighted by molar-refractivity contribution is 6.30. The monoisotopic (exact) mass is 317 g/mol. The molecule has 0 radical (unpaired) electrons. The van der Waals surface area contributed by atoms with Gasteiger partial charge >= 0.3 is 6.61 Å². The molecule has 2 unspecified atom stereocenters. The van der Waals surface area contributed by atoms with E-state index in [1.54, 1.807) is 12.1 Å². The normalized spacial score (nSPS) is 22.5. The van der Waals surface area contributed by atoms with Gasteiger partial charge in [-0.1, -0.05) is 37.8 Å². The van der Waals surface area contributed by atoms with Gasteiger partial charge in [0, 0.05) is 23.2 Å². The number of benzene rings is 1. The zero-order valence-corrected chi connectivity index (χ0v) is 13.0. The van der Waals surface area contributed by atoms with Gasteiger partial charge < -0.3 is 10.1 Å². The van der Waals surface area contributed by atoms with E-state index >= 15 is 0 Å². The minimum absolute atomic E-state index is 0.200. The fraction of sp³-hybridized carbons (Fsp3) is 0.625. The van der Waals surface area contributed by atoms with Crippen molar-refractivity contribution in [2.75, 3.05) is 0 Å². The minimum Gasteiger partial charge on any atom is -0.434 e. The summed E-state index contributed by atoms with van der Waals surface area (Å²) in [5.74, 6) is 0.864. The quantitative estimate of drug-likeness (QED) is 0.797. The number of hydrogen-bond acceptors (Lipinski definition) is 2. The van der Waals surface area contributed by atoms with Crippen molar-refractivity contribution in [2.24, 2.45) is 5.92 Å². The van der Waals surface area contributed by atoms with Gasteiger partial charge in [0.25, 0.3) is 0 Å². The predicted octanol–water partition coefficient (Wildman–Crippen LogP) is 5.00. The van der Waals surface area contributed by atoms with E-state index in [4.69, 9.17) is 11.6 Å². The standard InChI is InChI=1S/C16H22ClF2NO/c1-2-11-5-3-4-6-14(11)20-10-12-9-13(17)7-8-15(12)21-16(18)19/h7-9,11,14,16,20H,2-6,10H2,1H3. The molecule has 2 rings (SSSR count). The Morgan fingerprint density at radius 1 is 1.33 bits per heavy atom. The SMILES string of the molecule is CCC1CCCCC1NCc1cc(Cl)ccc1OC(F)F. The molecule has 0 aliphatic heterocycles. The van der Waals surface area contributed by atoms with Crippen LogP contribution in [-0.4, -0.2) is 12.7 Å². The molecule has 1 aromatic carbocycles. The van der Waals surface area contributed by atoms with Crippen LogP contribution in [0.4, 0.5) is 8.78 Å². The third kappa shape index (κ3) is 4.82. The smallest absolute Gasteiger partial charge is 0.387 e. The van der Waals surface area contributed by atoms with E-state index in [0.717, 1.165) is 12.8 Å². The summed E-state index contributed by atoms with van der Waals surface area (Å²) in [7, 11) is 0. The van der Waals surface area contributed by atoms with Gasteiger partial charge in [-0.05, 0) is 37.0 Å². The average Bonchev–Trinajstić information content (AvgIpc) is 2.47. The molecule has 1 aliphatic rings. The number of rotatable bonds is 6. The zero-order chi connectivity index (χ0) is 15.2. The van der Waals surface area contributed by atoms with Crippen LogP contribution in [0.1, 0.15) is 44.6 Å². The first-order valence-electron chi connectivity index (χ1n) is 7.56. The predicted molar refractivity (Wildman–Crippen MR) is 81.0 cm³/mol. The first-order valence-corrected chi connectivity index (χ1v) is 7.94. The number of hydrogen-bond donors (Lipinski definition) is 1. The maximum absolute atomic E-state index is 12.4. The van der Waals surface area contributed by atoms with Crippen molar-refractivity contribution in [2.45, 2.75) is 58.2 Å². The third-order valence-corrected chi connectivity index (χ3v) is 4.46. The van der Waals surface area contributed by atoms with Gasteiger partial charge in [0.15, 0.2) is 0 Å². The Morgan fingerprint density at radius 2 is 2.10 bits per heavy atom. The first kappa shape index (κ1) is 16.5. The molecule has 1 saturated carbocycles. The maximum Gasteiger partial charge on any atom is 0.387 e. The lowest BCUT2D eigenvalue weighted by molar-refractivity contribution is -0.0505. The second kappa shape index (κ2) is 7.95. The van der Waals surface area contributed by atoms with Gasteiger partial charge in [-0.15, -0.1) is 0 Å². The molecule has 0 saturated heterocycles. The maximum atomic E-state index is 12.4. The van der Waals surface area contributed by atoms with E-state index in [9.17, 15) is 8.78 Å². The van der Waals surface area contributed by atoms with E-state index in [0.29, 0.717) is 29.1 Å². The molecule has 21 heavy (non-hydrogen) atoms. The molecule has 5 heteroatoms. The van der Waals surface area contributed by atoms with Crippen LogP contribution in [0, 0.1) is 5.92 Å². The van der Waals surface area contributed by atoms with Gasteiger partial charge in [-0.3, -0.25) is 0 Å². The summed E-state index contributed by atoms with van der Waals surface area (Å²) in [6.07, 6.45) is 6.04. The minimum atomic E-state index is -2.82. The summed E-state index contributed by atoms with van der Waals surface area (Å²) in [4.78, 5) is 0. The fourth-order valence-corrected chi connectivity index (χ4v) is 3.30. The molecule has 1 aromatic rings. The number of ether oxygens (including phenoxy) is 1. The molecule has 2 nitrogen and oxygen atoms in total. The van der Waals surface area contributed by atoms with E-state index in [1.165, 1.54) is 25.3 Å². The Bertz CT molecular complexity index is 456.